The lowest BCUT2D eigenvalue weighted by Crippen LogP contribution is -1.99. The molecule has 1 radical (unpaired) electrons. The maximum absolute atomic E-state index is 9.46. The molecule has 0 unspecified atom stereocenters. The number of aromatic nitrogens is 6. The summed E-state index contributed by atoms with van der Waals surface area (Å²) in [7, 11) is 0.704. The average molecular weight is 1570 g/mol. The first-order valence-electron chi connectivity index (χ1n) is 37.6. The molecule has 0 spiro atoms. The van der Waals surface area contributed by atoms with Crippen LogP contribution < -0.4 is 4.65 Å². The number of hydrogen-bond donors (Lipinski definition) is 1. The quantitative estimate of drug-likeness (QED) is 0.0953. The molecule has 8 aromatic heterocycles. The molecular formula is C96H58BClF5N6O4S2. The van der Waals surface area contributed by atoms with Crippen LogP contribution in [0.25, 0.3) is 216 Å². The number of nitrogens with zero attached hydrogens (tertiary/aromatic N) is 6. The van der Waals surface area contributed by atoms with Crippen LogP contribution in [0, 0.1) is 0 Å². The Morgan fingerprint density at radius 2 is 0.748 bits per heavy atom. The number of furan rings is 2. The van der Waals surface area contributed by atoms with Gasteiger partial charge in [-0.15, -0.1) is 22.7 Å². The molecule has 0 bridgehead atoms. The highest BCUT2D eigenvalue weighted by atomic mass is 35.5. The number of rotatable bonds is 7. The summed E-state index contributed by atoms with van der Waals surface area (Å²) < 4.78 is 70.6. The van der Waals surface area contributed by atoms with Crippen molar-refractivity contribution in [2.24, 2.45) is 0 Å². The molecule has 553 valence electrons. The number of hydrogen-bond acceptors (Lipinski definition) is 10. The molecule has 0 aliphatic heterocycles. The van der Waals surface area contributed by atoms with Crippen LogP contribution in [-0.2, 0) is 0 Å². The summed E-state index contributed by atoms with van der Waals surface area (Å²) in [6.07, 6.45) is 0. The molecule has 24 aromatic rings. The first kappa shape index (κ1) is 70.3. The van der Waals surface area contributed by atoms with E-state index >= 15 is 0 Å². The van der Waals surface area contributed by atoms with E-state index in [1.165, 1.54) is 52.5 Å². The van der Waals surface area contributed by atoms with Crippen LogP contribution in [0.4, 0.5) is 23.0 Å². The second kappa shape index (κ2) is 29.7. The van der Waals surface area contributed by atoms with Gasteiger partial charge in [-0.05, 0) is 127 Å². The molecule has 0 aliphatic rings. The minimum atomic E-state index is 0. The van der Waals surface area contributed by atoms with Gasteiger partial charge in [-0.2, -0.15) is 0 Å². The Hall–Kier alpha value is -13.9. The fourth-order valence-corrected chi connectivity index (χ4v) is 19.1. The third-order valence-electron chi connectivity index (χ3n) is 21.4. The van der Waals surface area contributed by atoms with Crippen molar-refractivity contribution in [3.63, 3.8) is 0 Å². The fraction of sp³-hybridized carbons (Fsp3) is 0. The van der Waals surface area contributed by atoms with E-state index in [4.69, 9.17) is 56.3 Å². The van der Waals surface area contributed by atoms with Gasteiger partial charge in [0.05, 0.1) is 70.8 Å². The first-order chi connectivity index (χ1) is 57.4. The summed E-state index contributed by atoms with van der Waals surface area (Å²) in [4.78, 5) is 19.6. The summed E-state index contributed by atoms with van der Waals surface area (Å²) >= 11 is 9.57. The third kappa shape index (κ3) is 11.9. The third-order valence-corrected chi connectivity index (χ3v) is 23.9. The molecule has 24 rings (SSSR count). The molecule has 16 aromatic carbocycles. The molecule has 0 saturated heterocycles. The smallest absolute Gasteiger partial charge is 0.535 e. The lowest BCUT2D eigenvalue weighted by atomic mass is 9.99. The minimum absolute atomic E-state index is 0. The van der Waals surface area contributed by atoms with Crippen LogP contribution in [0.5, 0.6) is 5.75 Å². The van der Waals surface area contributed by atoms with Crippen LogP contribution in [0.1, 0.15) is 2.97 Å². The highest BCUT2D eigenvalue weighted by Crippen LogP contribution is 2.49. The van der Waals surface area contributed by atoms with E-state index in [1.54, 1.807) is 22.7 Å². The second-order valence-corrected chi connectivity index (χ2v) is 30.0. The van der Waals surface area contributed by atoms with E-state index in [0.29, 0.717) is 30.1 Å². The van der Waals surface area contributed by atoms with E-state index < -0.39 is 0 Å². The Morgan fingerprint density at radius 1 is 0.357 bits per heavy atom. The Bertz CT molecular complexity index is 7970. The first-order valence-corrected chi connectivity index (χ1v) is 38.6. The predicted octanol–water partition coefficient (Wildman–Crippen LogP) is 28.6. The van der Waals surface area contributed by atoms with Gasteiger partial charge in [-0.25, -0.2) is 19.9 Å². The van der Waals surface area contributed by atoms with E-state index in [2.05, 4.69) is 274 Å². The van der Waals surface area contributed by atoms with Crippen molar-refractivity contribution in [2.75, 3.05) is 0 Å². The van der Waals surface area contributed by atoms with Gasteiger partial charge in [0.25, 0.3) is 0 Å². The summed E-state index contributed by atoms with van der Waals surface area (Å²) in [5.41, 5.74) is 16.2. The highest BCUT2D eigenvalue weighted by Gasteiger charge is 2.27. The lowest BCUT2D eigenvalue weighted by Gasteiger charge is -2.09. The number of fused-ring (bicyclic) bond motifs is 24. The van der Waals surface area contributed by atoms with E-state index in [1.807, 2.05) is 72.8 Å². The van der Waals surface area contributed by atoms with Crippen LogP contribution in [-0.4, -0.2) is 41.8 Å². The van der Waals surface area contributed by atoms with Crippen LogP contribution >= 0.6 is 34.3 Å². The number of para-hydroxylation sites is 4. The SMILES string of the molecule is Clc1nc(-c2ccccc2)c2sc3ccccc3c2n1.F.FF.FF.O[B]Oc1cc2ccccc2c2c1oc1c(-n3c4ccccc4c4cc5ccccc5cc43)cccc12.[2H][2H].c1ccc(-c2nc(-c3cc4ccccc4c4c3oc3c(-n5c6ccccc6c6cc7ccccc7cc65)cccc34)nc3c2sc2ccccc23)cc1. The standard InChI is InChI=1S/C48H27N3OS.C32H19BNO3.C16H9ClN2S.2F2.FH.H2/c1-2-13-28(14-3-1)43-47-44(34-20-9-11-24-41(34)53-47)50-48(49-43)37-26-31-17-6-7-18-32(31)42-35-21-12-23-39(45(35)52-46(37)42)51-38-22-10-8-19-33(38)36-25-29-15-4-5-16-30(29)27-40(36)51;35-33-37-29-18-21-10-3-4-11-22(21)30-24-13-7-15-27(31(24)36-32(29)30)34-26-14-6-5-12-23(26)25-16-19-8-1-2-9-20(19)17-28(25)34;17-16-18-13(10-6-2-1-3-7-10)15-14(19-16)11-8-4-5-9-12(11)20-15;2*1-2;;/h1-27H;1-18,35H;1-9H;;;2*1H/i;;;;;;1+1D. The average Bonchev–Trinajstić information content (AvgIpc) is 1.56. The summed E-state index contributed by atoms with van der Waals surface area (Å²) in [6, 6.07) is 114. The Balaban J connectivity index is 0.000000128. The molecule has 0 aliphatic carbocycles. The van der Waals surface area contributed by atoms with Crippen molar-refractivity contribution in [2.45, 2.75) is 0 Å². The van der Waals surface area contributed by atoms with E-state index in [0.717, 1.165) is 153 Å². The number of thiophene rings is 2. The maximum atomic E-state index is 9.46. The number of halogens is 6. The van der Waals surface area contributed by atoms with Crippen molar-refractivity contribution < 1.29 is 44.5 Å². The summed E-state index contributed by atoms with van der Waals surface area (Å²) in [5, 5.41) is 30.1. The van der Waals surface area contributed by atoms with Gasteiger partial charge in [-0.1, -0.05) is 255 Å². The van der Waals surface area contributed by atoms with Crippen molar-refractivity contribution >= 4 is 213 Å². The molecule has 19 heteroatoms. The zero-order valence-corrected chi connectivity index (χ0v) is 62.6. The van der Waals surface area contributed by atoms with Gasteiger partial charge >= 0.3 is 7.69 Å². The van der Waals surface area contributed by atoms with Crippen molar-refractivity contribution in [1.82, 2.24) is 29.1 Å². The summed E-state index contributed by atoms with van der Waals surface area (Å²) in [6.45, 7) is 0. The molecule has 10 nitrogen and oxygen atoms in total. The normalized spacial score (nSPS) is 11.6. The Morgan fingerprint density at radius 3 is 1.25 bits per heavy atom. The van der Waals surface area contributed by atoms with Crippen molar-refractivity contribution in [3.8, 4) is 51.0 Å². The lowest BCUT2D eigenvalue weighted by molar-refractivity contribution is 0.108. The Labute approximate surface area is 666 Å². The fourth-order valence-electron chi connectivity index (χ4n) is 16.6. The van der Waals surface area contributed by atoms with Gasteiger partial charge in [0.15, 0.2) is 22.6 Å². The van der Waals surface area contributed by atoms with E-state index in [9.17, 15) is 5.02 Å². The topological polar surface area (TPSA) is 117 Å². The molecule has 0 fully saturated rings. The second-order valence-electron chi connectivity index (χ2n) is 27.5. The molecule has 1 N–H and O–H groups in total. The van der Waals surface area contributed by atoms with Gasteiger partial charge in [0, 0.05) is 95.7 Å². The van der Waals surface area contributed by atoms with E-state index in [-0.39, 0.29) is 4.70 Å². The molecule has 8 heterocycles. The van der Waals surface area contributed by atoms with Crippen LogP contribution in [0.2, 0.25) is 5.28 Å². The van der Waals surface area contributed by atoms with Crippen molar-refractivity contribution in [1.29, 1.82) is 0 Å². The largest absolute Gasteiger partial charge is 0.569 e. The molecule has 0 amide bonds. The monoisotopic (exact) mass is 1570 g/mol. The zero-order chi connectivity index (χ0) is 78.7. The van der Waals surface area contributed by atoms with Crippen molar-refractivity contribution in [3.05, 3.63) is 333 Å². The highest BCUT2D eigenvalue weighted by molar-refractivity contribution is 7.26. The molecule has 0 atom stereocenters. The zero-order valence-electron chi connectivity index (χ0n) is 62.2. The molecular weight excluding hydrogens is 1510 g/mol. The maximum Gasteiger partial charge on any atom is 0.569 e. The molecule has 0 saturated carbocycles. The Kier molecular flexibility index (Phi) is 18.1. The van der Waals surface area contributed by atoms with Gasteiger partial charge in [0.2, 0.25) is 5.28 Å². The summed E-state index contributed by atoms with van der Waals surface area (Å²) in [5.74, 6) is 1.13. The van der Waals surface area contributed by atoms with Gasteiger partial charge < -0.3 is 27.6 Å². The molecule has 115 heavy (non-hydrogen) atoms. The minimum Gasteiger partial charge on any atom is -0.535 e. The van der Waals surface area contributed by atoms with Crippen LogP contribution in [0.15, 0.2) is 336 Å². The van der Waals surface area contributed by atoms with Gasteiger partial charge in [-0.3, -0.25) is 4.70 Å². The number of benzene rings is 16. The predicted molar refractivity (Wildman–Crippen MR) is 469 cm³/mol. The van der Waals surface area contributed by atoms with Gasteiger partial charge in [0.1, 0.15) is 11.3 Å². The van der Waals surface area contributed by atoms with Crippen LogP contribution in [0.3, 0.4) is 0 Å².